The van der Waals surface area contributed by atoms with Crippen molar-refractivity contribution in [1.82, 2.24) is 5.32 Å². The van der Waals surface area contributed by atoms with Gasteiger partial charge in [-0.1, -0.05) is 18.2 Å². The maximum Gasteiger partial charge on any atom is 0.0995 e. The molecule has 0 aliphatic heterocycles. The van der Waals surface area contributed by atoms with Crippen molar-refractivity contribution in [3.05, 3.63) is 35.4 Å². The third kappa shape index (κ3) is 2.84. The second kappa shape index (κ2) is 5.38. The zero-order chi connectivity index (χ0) is 10.4. The van der Waals surface area contributed by atoms with Gasteiger partial charge in [-0.3, -0.25) is 0 Å². The van der Waals surface area contributed by atoms with E-state index in [-0.39, 0.29) is 12.6 Å². The van der Waals surface area contributed by atoms with Gasteiger partial charge in [0.2, 0.25) is 0 Å². The maximum atomic E-state index is 8.81. The molecule has 14 heavy (non-hydrogen) atoms. The Morgan fingerprint density at radius 3 is 2.86 bits per heavy atom. The normalized spacial score (nSPS) is 12.1. The van der Waals surface area contributed by atoms with Crippen LogP contribution in [-0.4, -0.2) is 17.8 Å². The first kappa shape index (κ1) is 10.7. The predicted molar refractivity (Wildman–Crippen MR) is 54.5 cm³/mol. The van der Waals surface area contributed by atoms with E-state index in [2.05, 4.69) is 11.4 Å². The first-order valence-electron chi connectivity index (χ1n) is 4.60. The van der Waals surface area contributed by atoms with Gasteiger partial charge >= 0.3 is 0 Å². The summed E-state index contributed by atoms with van der Waals surface area (Å²) in [6, 6.07) is 9.65. The van der Waals surface area contributed by atoms with E-state index in [0.717, 1.165) is 5.56 Å². The van der Waals surface area contributed by atoms with E-state index < -0.39 is 0 Å². The molecular formula is C11H14N2O. The monoisotopic (exact) mass is 190 g/mol. The molecule has 0 heterocycles. The van der Waals surface area contributed by atoms with Gasteiger partial charge in [-0.15, -0.1) is 0 Å². The molecule has 3 nitrogen and oxygen atoms in total. The lowest BCUT2D eigenvalue weighted by molar-refractivity contribution is 0.251. The van der Waals surface area contributed by atoms with Crippen molar-refractivity contribution in [2.75, 3.05) is 6.61 Å². The lowest BCUT2D eigenvalue weighted by atomic mass is 10.1. The molecule has 2 N–H and O–H groups in total. The fraction of sp³-hybridized carbons (Fsp3) is 0.364. The van der Waals surface area contributed by atoms with Crippen LogP contribution in [0.15, 0.2) is 24.3 Å². The van der Waals surface area contributed by atoms with Crippen LogP contribution < -0.4 is 5.32 Å². The number of nitrogens with one attached hydrogen (secondary N) is 1. The number of hydrogen-bond donors (Lipinski definition) is 2. The average Bonchev–Trinajstić information content (AvgIpc) is 2.26. The number of aliphatic hydroxyl groups is 1. The van der Waals surface area contributed by atoms with Crippen LogP contribution in [-0.2, 0) is 6.54 Å². The predicted octanol–water partition coefficient (Wildman–Crippen LogP) is 1.03. The van der Waals surface area contributed by atoms with Crippen molar-refractivity contribution in [3.63, 3.8) is 0 Å². The lowest BCUT2D eigenvalue weighted by Crippen LogP contribution is -2.28. The van der Waals surface area contributed by atoms with Gasteiger partial charge in [0.15, 0.2) is 0 Å². The highest BCUT2D eigenvalue weighted by atomic mass is 16.3. The largest absolute Gasteiger partial charge is 0.395 e. The maximum absolute atomic E-state index is 8.81. The van der Waals surface area contributed by atoms with Crippen molar-refractivity contribution in [3.8, 4) is 6.07 Å². The Balaban J connectivity index is 2.63. The Morgan fingerprint density at radius 1 is 1.50 bits per heavy atom. The first-order chi connectivity index (χ1) is 6.77. The number of hydrogen-bond acceptors (Lipinski definition) is 3. The quantitative estimate of drug-likeness (QED) is 0.745. The van der Waals surface area contributed by atoms with Crippen molar-refractivity contribution in [2.45, 2.75) is 19.5 Å². The van der Waals surface area contributed by atoms with E-state index in [9.17, 15) is 0 Å². The van der Waals surface area contributed by atoms with Gasteiger partial charge in [0, 0.05) is 12.6 Å². The molecule has 0 aliphatic carbocycles. The molecule has 0 saturated carbocycles. The van der Waals surface area contributed by atoms with E-state index in [1.165, 1.54) is 0 Å². The summed E-state index contributed by atoms with van der Waals surface area (Å²) in [6.45, 7) is 2.62. The van der Waals surface area contributed by atoms with E-state index in [1.54, 1.807) is 6.07 Å². The third-order valence-corrected chi connectivity index (χ3v) is 2.05. The van der Waals surface area contributed by atoms with Crippen LogP contribution >= 0.6 is 0 Å². The molecular weight excluding hydrogens is 176 g/mol. The summed E-state index contributed by atoms with van der Waals surface area (Å²) in [6.07, 6.45) is 0. The molecule has 0 radical (unpaired) electrons. The topological polar surface area (TPSA) is 56.0 Å². The summed E-state index contributed by atoms with van der Waals surface area (Å²) < 4.78 is 0. The molecule has 1 atom stereocenters. The molecule has 1 aromatic carbocycles. The van der Waals surface area contributed by atoms with E-state index >= 15 is 0 Å². The number of nitrogens with zero attached hydrogens (tertiary/aromatic N) is 1. The molecule has 0 spiro atoms. The number of aliphatic hydroxyl groups excluding tert-OH is 1. The van der Waals surface area contributed by atoms with E-state index in [1.807, 2.05) is 25.1 Å². The van der Waals surface area contributed by atoms with E-state index in [4.69, 9.17) is 10.4 Å². The highest BCUT2D eigenvalue weighted by Crippen LogP contribution is 2.06. The second-order valence-corrected chi connectivity index (χ2v) is 3.23. The summed E-state index contributed by atoms with van der Waals surface area (Å²) in [5.41, 5.74) is 1.65. The SMILES string of the molecule is CC(CO)NCc1ccccc1C#N. The van der Waals surface area contributed by atoms with Crippen LogP contribution in [0.3, 0.4) is 0 Å². The fourth-order valence-corrected chi connectivity index (χ4v) is 1.13. The zero-order valence-electron chi connectivity index (χ0n) is 8.20. The second-order valence-electron chi connectivity index (χ2n) is 3.23. The Morgan fingerprint density at radius 2 is 2.21 bits per heavy atom. The highest BCUT2D eigenvalue weighted by Gasteiger charge is 2.02. The minimum absolute atomic E-state index is 0.0572. The van der Waals surface area contributed by atoms with Crippen molar-refractivity contribution in [2.24, 2.45) is 0 Å². The number of nitriles is 1. The number of rotatable bonds is 4. The first-order valence-corrected chi connectivity index (χ1v) is 4.60. The van der Waals surface area contributed by atoms with Crippen molar-refractivity contribution < 1.29 is 5.11 Å². The molecule has 3 heteroatoms. The van der Waals surface area contributed by atoms with Crippen LogP contribution in [0.5, 0.6) is 0 Å². The average molecular weight is 190 g/mol. The summed E-state index contributed by atoms with van der Waals surface area (Å²) in [5, 5.41) is 20.7. The summed E-state index contributed by atoms with van der Waals surface area (Å²) in [5.74, 6) is 0. The zero-order valence-corrected chi connectivity index (χ0v) is 8.20. The van der Waals surface area contributed by atoms with Gasteiger partial charge in [-0.25, -0.2) is 0 Å². The van der Waals surface area contributed by atoms with Crippen LogP contribution in [0, 0.1) is 11.3 Å². The molecule has 1 rings (SSSR count). The Kier molecular flexibility index (Phi) is 4.11. The van der Waals surface area contributed by atoms with Gasteiger partial charge < -0.3 is 10.4 Å². The third-order valence-electron chi connectivity index (χ3n) is 2.05. The van der Waals surface area contributed by atoms with Crippen molar-refractivity contribution >= 4 is 0 Å². The molecule has 0 aliphatic rings. The molecule has 0 saturated heterocycles. The van der Waals surface area contributed by atoms with Crippen molar-refractivity contribution in [1.29, 1.82) is 5.26 Å². The Hall–Kier alpha value is -1.37. The minimum Gasteiger partial charge on any atom is -0.395 e. The summed E-state index contributed by atoms with van der Waals surface area (Å²) in [4.78, 5) is 0. The molecule has 0 aromatic heterocycles. The highest BCUT2D eigenvalue weighted by molar-refractivity contribution is 5.37. The molecule has 0 bridgehead atoms. The smallest absolute Gasteiger partial charge is 0.0995 e. The summed E-state index contributed by atoms with van der Waals surface area (Å²) >= 11 is 0. The van der Waals surface area contributed by atoms with Gasteiger partial charge in [-0.2, -0.15) is 5.26 Å². The Bertz CT molecular complexity index is 330. The van der Waals surface area contributed by atoms with Gasteiger partial charge in [0.05, 0.1) is 18.2 Å². The minimum atomic E-state index is 0.0572. The van der Waals surface area contributed by atoms with Gasteiger partial charge in [0.1, 0.15) is 0 Å². The van der Waals surface area contributed by atoms with Crippen LogP contribution in [0.25, 0.3) is 0 Å². The fourth-order valence-electron chi connectivity index (χ4n) is 1.13. The van der Waals surface area contributed by atoms with Crippen LogP contribution in [0.2, 0.25) is 0 Å². The standard InChI is InChI=1S/C11H14N2O/c1-9(8-14)13-7-11-5-3-2-4-10(11)6-12/h2-5,9,13-14H,7-8H2,1H3. The number of benzene rings is 1. The van der Waals surface area contributed by atoms with Crippen LogP contribution in [0.4, 0.5) is 0 Å². The van der Waals surface area contributed by atoms with E-state index in [0.29, 0.717) is 12.1 Å². The molecule has 74 valence electrons. The molecule has 0 amide bonds. The van der Waals surface area contributed by atoms with Gasteiger partial charge in [-0.05, 0) is 18.6 Å². The molecule has 1 aromatic rings. The Labute approximate surface area is 84.0 Å². The van der Waals surface area contributed by atoms with Gasteiger partial charge in [0.25, 0.3) is 0 Å². The van der Waals surface area contributed by atoms with Crippen LogP contribution in [0.1, 0.15) is 18.1 Å². The lowest BCUT2D eigenvalue weighted by Gasteiger charge is -2.11. The molecule has 0 fully saturated rings. The summed E-state index contributed by atoms with van der Waals surface area (Å²) in [7, 11) is 0. The molecule has 1 unspecified atom stereocenters.